The molecule has 0 N–H and O–H groups in total. The Hall–Kier alpha value is -2.53. The van der Waals surface area contributed by atoms with Crippen LogP contribution in [0.3, 0.4) is 0 Å². The smallest absolute Gasteiger partial charge is 0.244 e. The molecule has 0 spiro atoms. The lowest BCUT2D eigenvalue weighted by atomic mass is 10.1. The quantitative estimate of drug-likeness (QED) is 0.863. The fourth-order valence-electron chi connectivity index (χ4n) is 3.48. The maximum atomic E-state index is 12.9. The van der Waals surface area contributed by atoms with Crippen molar-refractivity contribution in [2.24, 2.45) is 0 Å². The van der Waals surface area contributed by atoms with Gasteiger partial charge in [0.25, 0.3) is 0 Å². The lowest BCUT2D eigenvalue weighted by molar-refractivity contribution is -0.125. The second kappa shape index (κ2) is 6.41. The average Bonchev–Trinajstić information content (AvgIpc) is 3.07. The normalized spacial score (nSPS) is 20.2. The largest absolute Gasteiger partial charge is 0.454 e. The summed E-state index contributed by atoms with van der Waals surface area (Å²) in [5, 5.41) is 0. The Morgan fingerprint density at radius 3 is 2.76 bits per heavy atom. The van der Waals surface area contributed by atoms with Gasteiger partial charge in [-0.3, -0.25) is 9.69 Å². The number of aryl methyl sites for hydroxylation is 1. The SMILES string of the molecule is Cc1cccc(CN2CCN(c3ccc4c(c3)OCO4)C(=O)[C@H]2C)c1. The molecule has 2 aromatic rings. The van der Waals surface area contributed by atoms with Crippen molar-refractivity contribution in [1.82, 2.24) is 4.90 Å². The van der Waals surface area contributed by atoms with Crippen LogP contribution in [-0.4, -0.2) is 36.7 Å². The molecule has 2 aliphatic heterocycles. The number of rotatable bonds is 3. The zero-order chi connectivity index (χ0) is 17.4. The zero-order valence-electron chi connectivity index (χ0n) is 14.6. The molecule has 4 rings (SSSR count). The molecule has 1 amide bonds. The van der Waals surface area contributed by atoms with Gasteiger partial charge in [0.2, 0.25) is 12.7 Å². The van der Waals surface area contributed by atoms with Crippen LogP contribution < -0.4 is 14.4 Å². The first-order valence-electron chi connectivity index (χ1n) is 8.62. The van der Waals surface area contributed by atoms with Crippen LogP contribution in [0.15, 0.2) is 42.5 Å². The van der Waals surface area contributed by atoms with E-state index in [2.05, 4.69) is 36.1 Å². The highest BCUT2D eigenvalue weighted by molar-refractivity contribution is 5.98. The summed E-state index contributed by atoms with van der Waals surface area (Å²) < 4.78 is 10.8. The summed E-state index contributed by atoms with van der Waals surface area (Å²) in [4.78, 5) is 17.0. The van der Waals surface area contributed by atoms with E-state index in [0.29, 0.717) is 12.3 Å². The molecule has 25 heavy (non-hydrogen) atoms. The second-order valence-corrected chi connectivity index (χ2v) is 6.66. The van der Waals surface area contributed by atoms with E-state index < -0.39 is 0 Å². The van der Waals surface area contributed by atoms with Crippen molar-refractivity contribution in [1.29, 1.82) is 0 Å². The molecule has 0 aliphatic carbocycles. The lowest BCUT2D eigenvalue weighted by Crippen LogP contribution is -2.55. The van der Waals surface area contributed by atoms with Crippen LogP contribution in [0.4, 0.5) is 5.69 Å². The number of carbonyl (C=O) groups excluding carboxylic acids is 1. The Labute approximate surface area is 147 Å². The average molecular weight is 338 g/mol. The Bertz CT molecular complexity index is 805. The molecule has 1 saturated heterocycles. The first kappa shape index (κ1) is 16.0. The van der Waals surface area contributed by atoms with Gasteiger partial charge in [-0.15, -0.1) is 0 Å². The van der Waals surface area contributed by atoms with E-state index in [9.17, 15) is 4.79 Å². The minimum Gasteiger partial charge on any atom is -0.454 e. The molecule has 2 heterocycles. The summed E-state index contributed by atoms with van der Waals surface area (Å²) in [6.45, 7) is 6.63. The van der Waals surface area contributed by atoms with E-state index in [4.69, 9.17) is 9.47 Å². The number of hydrogen-bond donors (Lipinski definition) is 0. The van der Waals surface area contributed by atoms with Gasteiger partial charge in [0.15, 0.2) is 11.5 Å². The molecule has 0 saturated carbocycles. The van der Waals surface area contributed by atoms with Gasteiger partial charge in [0.1, 0.15) is 0 Å². The maximum absolute atomic E-state index is 12.9. The van der Waals surface area contributed by atoms with Gasteiger partial charge >= 0.3 is 0 Å². The first-order valence-corrected chi connectivity index (χ1v) is 8.62. The van der Waals surface area contributed by atoms with Crippen molar-refractivity contribution in [3.05, 3.63) is 53.6 Å². The van der Waals surface area contributed by atoms with Crippen LogP contribution in [0.1, 0.15) is 18.1 Å². The van der Waals surface area contributed by atoms with E-state index >= 15 is 0 Å². The fraction of sp³-hybridized carbons (Fsp3) is 0.350. The molecule has 5 heteroatoms. The van der Waals surface area contributed by atoms with E-state index in [-0.39, 0.29) is 18.7 Å². The number of carbonyl (C=O) groups is 1. The van der Waals surface area contributed by atoms with Crippen molar-refractivity contribution < 1.29 is 14.3 Å². The second-order valence-electron chi connectivity index (χ2n) is 6.66. The van der Waals surface area contributed by atoms with Crippen LogP contribution in [0.25, 0.3) is 0 Å². The van der Waals surface area contributed by atoms with Gasteiger partial charge in [0.05, 0.1) is 6.04 Å². The molecule has 1 atom stereocenters. The summed E-state index contributed by atoms with van der Waals surface area (Å²) in [6.07, 6.45) is 0. The maximum Gasteiger partial charge on any atom is 0.244 e. The number of nitrogens with zero attached hydrogens (tertiary/aromatic N) is 2. The molecule has 0 bridgehead atoms. The standard InChI is InChI=1S/C20H22N2O3/c1-14-4-3-5-16(10-14)12-21-8-9-22(20(23)15(21)2)17-6-7-18-19(11-17)25-13-24-18/h3-7,10-11,15H,8-9,12-13H2,1-2H3/t15-/m1/s1. The highest BCUT2D eigenvalue weighted by atomic mass is 16.7. The van der Waals surface area contributed by atoms with Crippen molar-refractivity contribution in [2.45, 2.75) is 26.4 Å². The Morgan fingerprint density at radius 2 is 1.92 bits per heavy atom. The number of amides is 1. The number of anilines is 1. The molecule has 5 nitrogen and oxygen atoms in total. The summed E-state index contributed by atoms with van der Waals surface area (Å²) in [6, 6.07) is 14.0. The predicted molar refractivity (Wildman–Crippen MR) is 96.0 cm³/mol. The van der Waals surface area contributed by atoms with Gasteiger partial charge in [-0.1, -0.05) is 29.8 Å². The number of piperazine rings is 1. The van der Waals surface area contributed by atoms with Crippen LogP contribution in [-0.2, 0) is 11.3 Å². The molecule has 1 fully saturated rings. The minimum absolute atomic E-state index is 0.123. The van der Waals surface area contributed by atoms with E-state index in [0.717, 1.165) is 24.5 Å². The highest BCUT2D eigenvalue weighted by Gasteiger charge is 2.32. The first-order chi connectivity index (χ1) is 12.1. The topological polar surface area (TPSA) is 42.0 Å². The van der Waals surface area contributed by atoms with Crippen molar-refractivity contribution >= 4 is 11.6 Å². The predicted octanol–water partition coefficient (Wildman–Crippen LogP) is 2.96. The molecule has 2 aromatic carbocycles. The van der Waals surface area contributed by atoms with Crippen LogP contribution in [0.5, 0.6) is 11.5 Å². The monoisotopic (exact) mass is 338 g/mol. The van der Waals surface area contributed by atoms with Gasteiger partial charge in [-0.05, 0) is 31.5 Å². The summed E-state index contributed by atoms with van der Waals surface area (Å²) in [7, 11) is 0. The van der Waals surface area contributed by atoms with Gasteiger partial charge in [-0.2, -0.15) is 0 Å². The van der Waals surface area contributed by atoms with E-state index in [1.54, 1.807) is 0 Å². The Morgan fingerprint density at radius 1 is 1.08 bits per heavy atom. The lowest BCUT2D eigenvalue weighted by Gasteiger charge is -2.39. The molecule has 2 aliphatic rings. The van der Waals surface area contributed by atoms with Crippen LogP contribution in [0, 0.1) is 6.92 Å². The number of fused-ring (bicyclic) bond motifs is 1. The molecule has 0 radical (unpaired) electrons. The molecule has 0 unspecified atom stereocenters. The zero-order valence-corrected chi connectivity index (χ0v) is 14.6. The third kappa shape index (κ3) is 3.07. The number of ether oxygens (including phenoxy) is 2. The van der Waals surface area contributed by atoms with Crippen molar-refractivity contribution in [2.75, 3.05) is 24.8 Å². The van der Waals surface area contributed by atoms with Gasteiger partial charge < -0.3 is 14.4 Å². The van der Waals surface area contributed by atoms with E-state index in [1.165, 1.54) is 11.1 Å². The third-order valence-electron chi connectivity index (χ3n) is 4.92. The van der Waals surface area contributed by atoms with Crippen molar-refractivity contribution in [3.63, 3.8) is 0 Å². The molecule has 0 aromatic heterocycles. The minimum atomic E-state index is -0.153. The fourth-order valence-corrected chi connectivity index (χ4v) is 3.48. The third-order valence-corrected chi connectivity index (χ3v) is 4.92. The summed E-state index contributed by atoms with van der Waals surface area (Å²) >= 11 is 0. The highest BCUT2D eigenvalue weighted by Crippen LogP contribution is 2.36. The Kier molecular flexibility index (Phi) is 4.09. The van der Waals surface area contributed by atoms with Crippen LogP contribution >= 0.6 is 0 Å². The van der Waals surface area contributed by atoms with Gasteiger partial charge in [0, 0.05) is 31.4 Å². The number of hydrogen-bond acceptors (Lipinski definition) is 4. The molecular formula is C20H22N2O3. The Balaban J connectivity index is 1.49. The summed E-state index contributed by atoms with van der Waals surface area (Å²) in [5.74, 6) is 1.57. The molecular weight excluding hydrogens is 316 g/mol. The number of benzene rings is 2. The van der Waals surface area contributed by atoms with Crippen LogP contribution in [0.2, 0.25) is 0 Å². The molecule has 130 valence electrons. The van der Waals surface area contributed by atoms with Crippen molar-refractivity contribution in [3.8, 4) is 11.5 Å². The van der Waals surface area contributed by atoms with Gasteiger partial charge in [-0.25, -0.2) is 0 Å². The van der Waals surface area contributed by atoms with E-state index in [1.807, 2.05) is 30.0 Å². The summed E-state index contributed by atoms with van der Waals surface area (Å²) in [5.41, 5.74) is 3.36.